The number of rotatable bonds is 4. The lowest BCUT2D eigenvalue weighted by molar-refractivity contribution is 0.415. The Morgan fingerprint density at radius 3 is 2.78 bits per heavy atom. The maximum absolute atomic E-state index is 5.93. The molecule has 0 amide bonds. The molecule has 2 aromatic rings. The van der Waals surface area contributed by atoms with Crippen molar-refractivity contribution in [3.63, 3.8) is 0 Å². The largest absolute Gasteiger partial charge is 0.497 e. The standard InChI is InChI=1S/C14H15ClN2O/c1-18-12-5-6-13(16)14(8-12)17-9-10-3-2-4-11(15)7-10/h2-8,17H,9,16H2,1H3. The summed E-state index contributed by atoms with van der Waals surface area (Å²) < 4.78 is 5.16. The molecule has 0 aromatic heterocycles. The van der Waals surface area contributed by atoms with Crippen LogP contribution in [0, 0.1) is 0 Å². The summed E-state index contributed by atoms with van der Waals surface area (Å²) in [6.45, 7) is 0.665. The predicted octanol–water partition coefficient (Wildman–Crippen LogP) is 3.54. The van der Waals surface area contributed by atoms with Crippen molar-refractivity contribution in [3.05, 3.63) is 53.1 Å². The van der Waals surface area contributed by atoms with Crippen LogP contribution in [-0.4, -0.2) is 7.11 Å². The fourth-order valence-corrected chi connectivity index (χ4v) is 1.87. The van der Waals surface area contributed by atoms with Crippen LogP contribution in [0.15, 0.2) is 42.5 Å². The van der Waals surface area contributed by atoms with Crippen LogP contribution >= 0.6 is 11.6 Å². The first-order chi connectivity index (χ1) is 8.69. The Hall–Kier alpha value is -1.87. The molecule has 4 heteroatoms. The van der Waals surface area contributed by atoms with Crippen molar-refractivity contribution in [2.24, 2.45) is 0 Å². The zero-order valence-corrected chi connectivity index (χ0v) is 10.9. The third-order valence-corrected chi connectivity index (χ3v) is 2.87. The molecule has 0 atom stereocenters. The first-order valence-electron chi connectivity index (χ1n) is 5.61. The van der Waals surface area contributed by atoms with Gasteiger partial charge in [0.2, 0.25) is 0 Å². The third kappa shape index (κ3) is 3.08. The number of nitrogens with two attached hydrogens (primary N) is 1. The lowest BCUT2D eigenvalue weighted by atomic mass is 10.2. The molecule has 0 aliphatic heterocycles. The number of halogens is 1. The molecule has 2 aromatic carbocycles. The minimum atomic E-state index is 0.665. The van der Waals surface area contributed by atoms with Crippen LogP contribution in [0.1, 0.15) is 5.56 Å². The number of hydrogen-bond donors (Lipinski definition) is 2. The molecule has 0 radical (unpaired) electrons. The van der Waals surface area contributed by atoms with Crippen molar-refractivity contribution in [2.45, 2.75) is 6.54 Å². The SMILES string of the molecule is COc1ccc(N)c(NCc2cccc(Cl)c2)c1. The zero-order valence-electron chi connectivity index (χ0n) is 10.1. The first kappa shape index (κ1) is 12.6. The van der Waals surface area contributed by atoms with E-state index in [9.17, 15) is 0 Å². The van der Waals surface area contributed by atoms with Crippen molar-refractivity contribution in [1.82, 2.24) is 0 Å². The van der Waals surface area contributed by atoms with Gasteiger partial charge in [-0.15, -0.1) is 0 Å². The van der Waals surface area contributed by atoms with E-state index in [0.29, 0.717) is 12.2 Å². The lowest BCUT2D eigenvalue weighted by Crippen LogP contribution is -2.02. The number of anilines is 2. The average molecular weight is 263 g/mol. The van der Waals surface area contributed by atoms with Gasteiger partial charge in [0, 0.05) is 17.6 Å². The zero-order chi connectivity index (χ0) is 13.0. The molecule has 0 aliphatic carbocycles. The van der Waals surface area contributed by atoms with Crippen LogP contribution < -0.4 is 15.8 Å². The number of hydrogen-bond acceptors (Lipinski definition) is 3. The smallest absolute Gasteiger partial charge is 0.121 e. The molecule has 0 spiro atoms. The molecular formula is C14H15ClN2O. The van der Waals surface area contributed by atoms with Crippen molar-refractivity contribution in [2.75, 3.05) is 18.2 Å². The van der Waals surface area contributed by atoms with Gasteiger partial charge in [-0.25, -0.2) is 0 Å². The van der Waals surface area contributed by atoms with Gasteiger partial charge in [-0.1, -0.05) is 23.7 Å². The summed E-state index contributed by atoms with van der Waals surface area (Å²) in [7, 11) is 1.63. The number of methoxy groups -OCH3 is 1. The summed E-state index contributed by atoms with van der Waals surface area (Å²) in [4.78, 5) is 0. The highest BCUT2D eigenvalue weighted by Gasteiger charge is 2.01. The van der Waals surface area contributed by atoms with Gasteiger partial charge < -0.3 is 15.8 Å². The Morgan fingerprint density at radius 1 is 1.22 bits per heavy atom. The molecule has 3 N–H and O–H groups in total. The van der Waals surface area contributed by atoms with E-state index in [1.165, 1.54) is 0 Å². The van der Waals surface area contributed by atoms with Crippen LogP contribution in [0.25, 0.3) is 0 Å². The molecule has 0 fully saturated rings. The summed E-state index contributed by atoms with van der Waals surface area (Å²) in [5.41, 5.74) is 8.54. The Bertz CT molecular complexity index is 543. The predicted molar refractivity (Wildman–Crippen MR) is 76.2 cm³/mol. The van der Waals surface area contributed by atoms with Gasteiger partial charge in [0.25, 0.3) is 0 Å². The Labute approximate surface area is 112 Å². The van der Waals surface area contributed by atoms with Crippen molar-refractivity contribution < 1.29 is 4.74 Å². The summed E-state index contributed by atoms with van der Waals surface area (Å²) in [5, 5.41) is 4.00. The average Bonchev–Trinajstić information content (AvgIpc) is 2.38. The van der Waals surface area contributed by atoms with Gasteiger partial charge in [-0.05, 0) is 29.8 Å². The molecule has 94 valence electrons. The summed E-state index contributed by atoms with van der Waals surface area (Å²) in [5.74, 6) is 0.776. The molecule has 0 heterocycles. The lowest BCUT2D eigenvalue weighted by Gasteiger charge is -2.11. The van der Waals surface area contributed by atoms with Gasteiger partial charge in [0.1, 0.15) is 5.75 Å². The van der Waals surface area contributed by atoms with Crippen LogP contribution in [-0.2, 0) is 6.54 Å². The molecule has 0 bridgehead atoms. The van der Waals surface area contributed by atoms with Gasteiger partial charge in [-0.2, -0.15) is 0 Å². The van der Waals surface area contributed by atoms with Crippen molar-refractivity contribution >= 4 is 23.0 Å². The molecule has 0 aliphatic rings. The van der Waals surface area contributed by atoms with E-state index in [-0.39, 0.29) is 0 Å². The topological polar surface area (TPSA) is 47.3 Å². The van der Waals surface area contributed by atoms with Crippen LogP contribution in [0.2, 0.25) is 5.02 Å². The minimum Gasteiger partial charge on any atom is -0.497 e. The van der Waals surface area contributed by atoms with Gasteiger partial charge >= 0.3 is 0 Å². The molecule has 2 rings (SSSR count). The monoisotopic (exact) mass is 262 g/mol. The second kappa shape index (κ2) is 5.65. The number of nitrogens with one attached hydrogen (secondary N) is 1. The van der Waals surface area contributed by atoms with Crippen LogP contribution in [0.3, 0.4) is 0 Å². The highest BCUT2D eigenvalue weighted by Crippen LogP contribution is 2.25. The van der Waals surface area contributed by atoms with Gasteiger partial charge in [0.15, 0.2) is 0 Å². The quantitative estimate of drug-likeness (QED) is 0.829. The van der Waals surface area contributed by atoms with Crippen LogP contribution in [0.5, 0.6) is 5.75 Å². The summed E-state index contributed by atoms with van der Waals surface area (Å²) in [6, 6.07) is 13.2. The van der Waals surface area contributed by atoms with Crippen molar-refractivity contribution in [1.29, 1.82) is 0 Å². The van der Waals surface area contributed by atoms with Gasteiger partial charge in [0.05, 0.1) is 18.5 Å². The Balaban J connectivity index is 2.10. The first-order valence-corrected chi connectivity index (χ1v) is 5.98. The third-order valence-electron chi connectivity index (χ3n) is 2.63. The van der Waals surface area contributed by atoms with E-state index < -0.39 is 0 Å². The maximum Gasteiger partial charge on any atom is 0.121 e. The Kier molecular flexibility index (Phi) is 3.95. The fourth-order valence-electron chi connectivity index (χ4n) is 1.66. The van der Waals surface area contributed by atoms with E-state index >= 15 is 0 Å². The Morgan fingerprint density at radius 2 is 2.06 bits per heavy atom. The highest BCUT2D eigenvalue weighted by molar-refractivity contribution is 6.30. The number of nitrogen functional groups attached to an aromatic ring is 1. The van der Waals surface area contributed by atoms with Gasteiger partial charge in [-0.3, -0.25) is 0 Å². The minimum absolute atomic E-state index is 0.665. The van der Waals surface area contributed by atoms with E-state index in [0.717, 1.165) is 22.0 Å². The van der Waals surface area contributed by atoms with E-state index in [1.807, 2.05) is 42.5 Å². The molecule has 0 saturated carbocycles. The fraction of sp³-hybridized carbons (Fsp3) is 0.143. The van der Waals surface area contributed by atoms with E-state index in [4.69, 9.17) is 22.1 Å². The summed E-state index contributed by atoms with van der Waals surface area (Å²) in [6.07, 6.45) is 0. The molecule has 3 nitrogen and oxygen atoms in total. The molecule has 0 unspecified atom stereocenters. The molecule has 18 heavy (non-hydrogen) atoms. The number of benzene rings is 2. The number of ether oxygens (including phenoxy) is 1. The molecule has 0 saturated heterocycles. The van der Waals surface area contributed by atoms with E-state index in [1.54, 1.807) is 7.11 Å². The molecular weight excluding hydrogens is 248 g/mol. The van der Waals surface area contributed by atoms with Crippen molar-refractivity contribution in [3.8, 4) is 5.75 Å². The highest BCUT2D eigenvalue weighted by atomic mass is 35.5. The second-order valence-electron chi connectivity index (χ2n) is 3.94. The van der Waals surface area contributed by atoms with Crippen LogP contribution in [0.4, 0.5) is 11.4 Å². The normalized spacial score (nSPS) is 10.1. The second-order valence-corrected chi connectivity index (χ2v) is 4.37. The summed E-state index contributed by atoms with van der Waals surface area (Å²) >= 11 is 5.93. The van der Waals surface area contributed by atoms with E-state index in [2.05, 4.69) is 5.32 Å². The maximum atomic E-state index is 5.93.